The van der Waals surface area contributed by atoms with Crippen LogP contribution in [0, 0.1) is 0 Å². The van der Waals surface area contributed by atoms with Gasteiger partial charge in [0.1, 0.15) is 16.1 Å². The second-order valence-electron chi connectivity index (χ2n) is 8.89. The number of rotatable bonds is 6. The Hall–Kier alpha value is -1.12. The molecule has 1 aliphatic carbocycles. The van der Waals surface area contributed by atoms with Crippen LogP contribution < -0.4 is 4.90 Å². The van der Waals surface area contributed by atoms with E-state index in [1.54, 1.807) is 11.3 Å². The Morgan fingerprint density at radius 1 is 1.12 bits per heavy atom. The fourth-order valence-electron chi connectivity index (χ4n) is 5.19. The zero-order valence-electron chi connectivity index (χ0n) is 17.3. The van der Waals surface area contributed by atoms with Crippen molar-refractivity contribution in [1.82, 2.24) is 10.1 Å². The van der Waals surface area contributed by atoms with Crippen molar-refractivity contribution in [1.29, 1.82) is 0 Å². The molecule has 2 bridgehead atoms. The quantitative estimate of drug-likeness (QED) is 0.316. The van der Waals surface area contributed by atoms with E-state index in [9.17, 15) is 0 Å². The van der Waals surface area contributed by atoms with Gasteiger partial charge in [0, 0.05) is 34.5 Å². The first-order valence-corrected chi connectivity index (χ1v) is 13.4. The lowest BCUT2D eigenvalue weighted by atomic mass is 10.00. The summed E-state index contributed by atoms with van der Waals surface area (Å²) in [5.41, 5.74) is 2.45. The number of piperidine rings is 1. The summed E-state index contributed by atoms with van der Waals surface area (Å²) in [4.78, 5) is 7.17. The van der Waals surface area contributed by atoms with Crippen molar-refractivity contribution in [3.05, 3.63) is 49.6 Å². The van der Waals surface area contributed by atoms with Crippen LogP contribution in [0.5, 0.6) is 0 Å². The highest BCUT2D eigenvalue weighted by Gasteiger charge is 2.43. The molecule has 0 spiro atoms. The number of nitrogens with zero attached hydrogens (tertiary/aromatic N) is 3. The third-order valence-corrected chi connectivity index (χ3v) is 9.00. The van der Waals surface area contributed by atoms with E-state index in [1.165, 1.54) is 12.8 Å². The van der Waals surface area contributed by atoms with Crippen LogP contribution in [0.1, 0.15) is 55.8 Å². The molecule has 3 aliphatic rings. The SMILES string of the molecule is Clc1cccc(Cl)c1-c1noc(C2CC2)c1CO[C@@H]1C[C@H]2CC[C@@H](C1)N2c1nc(Br)cs1. The van der Waals surface area contributed by atoms with Gasteiger partial charge in [0.25, 0.3) is 0 Å². The van der Waals surface area contributed by atoms with Gasteiger partial charge in [0.15, 0.2) is 5.13 Å². The average Bonchev–Trinajstić information content (AvgIpc) is 3.30. The summed E-state index contributed by atoms with van der Waals surface area (Å²) in [5, 5.41) is 8.72. The van der Waals surface area contributed by atoms with Gasteiger partial charge in [-0.25, -0.2) is 4.98 Å². The number of halogens is 3. The zero-order valence-corrected chi connectivity index (χ0v) is 21.2. The summed E-state index contributed by atoms with van der Waals surface area (Å²) >= 11 is 18.2. The predicted molar refractivity (Wildman–Crippen MR) is 131 cm³/mol. The maximum atomic E-state index is 6.52. The molecule has 3 atom stereocenters. The molecule has 4 heterocycles. The molecule has 6 rings (SSSR count). The monoisotopic (exact) mass is 553 g/mol. The minimum atomic E-state index is 0.212. The molecular formula is C23H22BrCl2N3O2S. The number of fused-ring (bicyclic) bond motifs is 2. The topological polar surface area (TPSA) is 51.4 Å². The number of aromatic nitrogens is 2. The van der Waals surface area contributed by atoms with Crippen LogP contribution >= 0.6 is 50.5 Å². The van der Waals surface area contributed by atoms with E-state index in [2.05, 4.69) is 36.4 Å². The fourth-order valence-corrected chi connectivity index (χ4v) is 7.16. The van der Waals surface area contributed by atoms with Gasteiger partial charge in [-0.1, -0.05) is 34.4 Å². The molecule has 168 valence electrons. The predicted octanol–water partition coefficient (Wildman–Crippen LogP) is 7.46. The summed E-state index contributed by atoms with van der Waals surface area (Å²) in [6.07, 6.45) is 6.89. The zero-order chi connectivity index (χ0) is 21.8. The van der Waals surface area contributed by atoms with Crippen molar-refractivity contribution in [2.75, 3.05) is 4.90 Å². The summed E-state index contributed by atoms with van der Waals surface area (Å²) in [5.74, 6) is 1.36. The van der Waals surface area contributed by atoms with Gasteiger partial charge in [-0.05, 0) is 66.6 Å². The van der Waals surface area contributed by atoms with E-state index in [4.69, 9.17) is 32.5 Å². The Morgan fingerprint density at radius 3 is 2.47 bits per heavy atom. The van der Waals surface area contributed by atoms with Crippen LogP contribution in [0.4, 0.5) is 5.13 Å². The molecule has 1 saturated carbocycles. The van der Waals surface area contributed by atoms with E-state index in [-0.39, 0.29) is 6.10 Å². The lowest BCUT2D eigenvalue weighted by Gasteiger charge is -2.38. The molecule has 2 saturated heterocycles. The molecule has 9 heteroatoms. The van der Waals surface area contributed by atoms with Gasteiger partial charge >= 0.3 is 0 Å². The molecule has 0 radical (unpaired) electrons. The third-order valence-electron chi connectivity index (χ3n) is 6.80. The molecule has 5 nitrogen and oxygen atoms in total. The van der Waals surface area contributed by atoms with Gasteiger partial charge in [-0.3, -0.25) is 0 Å². The van der Waals surface area contributed by atoms with Crippen LogP contribution in [0.2, 0.25) is 10.0 Å². The minimum Gasteiger partial charge on any atom is -0.373 e. The van der Waals surface area contributed by atoms with E-state index < -0.39 is 0 Å². The van der Waals surface area contributed by atoms with Crippen LogP contribution in [0.25, 0.3) is 11.3 Å². The number of ether oxygens (including phenoxy) is 1. The fraction of sp³-hybridized carbons (Fsp3) is 0.478. The number of benzene rings is 1. The Morgan fingerprint density at radius 2 is 1.84 bits per heavy atom. The number of hydrogen-bond acceptors (Lipinski definition) is 6. The molecule has 1 aromatic carbocycles. The van der Waals surface area contributed by atoms with Crippen molar-refractivity contribution in [3.8, 4) is 11.3 Å². The Balaban J connectivity index is 1.22. The van der Waals surface area contributed by atoms with Gasteiger partial charge in [-0.2, -0.15) is 0 Å². The molecule has 32 heavy (non-hydrogen) atoms. The van der Waals surface area contributed by atoms with Crippen LogP contribution in [-0.4, -0.2) is 28.3 Å². The molecule has 3 fully saturated rings. The highest BCUT2D eigenvalue weighted by atomic mass is 79.9. The maximum absolute atomic E-state index is 6.52. The lowest BCUT2D eigenvalue weighted by Crippen LogP contribution is -2.45. The second-order valence-corrected chi connectivity index (χ2v) is 11.4. The summed E-state index contributed by atoms with van der Waals surface area (Å²) < 4.78 is 13.2. The van der Waals surface area contributed by atoms with Crippen molar-refractivity contribution < 1.29 is 9.26 Å². The van der Waals surface area contributed by atoms with Gasteiger partial charge < -0.3 is 14.2 Å². The van der Waals surface area contributed by atoms with Crippen LogP contribution in [0.15, 0.2) is 32.7 Å². The molecule has 3 aromatic rings. The molecule has 0 N–H and O–H groups in total. The Labute approximate surface area is 209 Å². The first-order chi connectivity index (χ1) is 15.6. The largest absolute Gasteiger partial charge is 0.373 e. The van der Waals surface area contributed by atoms with E-state index in [1.807, 2.05) is 18.2 Å². The van der Waals surface area contributed by atoms with Gasteiger partial charge in [0.2, 0.25) is 0 Å². The lowest BCUT2D eigenvalue weighted by molar-refractivity contribution is 0.0147. The standard InChI is InChI=1S/C23H22BrCl2N3O2S/c24-19-11-32-23(27-19)29-13-6-7-14(29)9-15(8-13)30-10-16-21(28-31-22(16)12-4-5-12)20-17(25)2-1-3-18(20)26/h1-3,11-15H,4-10H2/t13-,14+,15-. The van der Waals surface area contributed by atoms with E-state index in [0.717, 1.165) is 58.0 Å². The second kappa shape index (κ2) is 8.58. The highest BCUT2D eigenvalue weighted by Crippen LogP contribution is 2.47. The van der Waals surface area contributed by atoms with E-state index >= 15 is 0 Å². The maximum Gasteiger partial charge on any atom is 0.186 e. The molecule has 0 unspecified atom stereocenters. The molecule has 0 amide bonds. The first kappa shape index (κ1) is 21.4. The summed E-state index contributed by atoms with van der Waals surface area (Å²) in [7, 11) is 0. The van der Waals surface area contributed by atoms with Crippen LogP contribution in [0.3, 0.4) is 0 Å². The van der Waals surface area contributed by atoms with Gasteiger partial charge in [-0.15, -0.1) is 11.3 Å². The molecule has 2 aliphatic heterocycles. The minimum absolute atomic E-state index is 0.212. The summed E-state index contributed by atoms with van der Waals surface area (Å²) in [6.45, 7) is 0.471. The first-order valence-electron chi connectivity index (χ1n) is 11.0. The normalized spacial score (nSPS) is 25.0. The summed E-state index contributed by atoms with van der Waals surface area (Å²) in [6, 6.07) is 6.49. The average molecular weight is 555 g/mol. The van der Waals surface area contributed by atoms with E-state index in [0.29, 0.717) is 34.7 Å². The van der Waals surface area contributed by atoms with Crippen molar-refractivity contribution in [2.24, 2.45) is 0 Å². The smallest absolute Gasteiger partial charge is 0.186 e. The highest BCUT2D eigenvalue weighted by molar-refractivity contribution is 9.10. The van der Waals surface area contributed by atoms with Crippen molar-refractivity contribution >= 4 is 55.6 Å². The Bertz CT molecular complexity index is 1110. The number of thiazole rings is 1. The van der Waals surface area contributed by atoms with Crippen LogP contribution in [-0.2, 0) is 11.3 Å². The van der Waals surface area contributed by atoms with Gasteiger partial charge in [0.05, 0.1) is 22.8 Å². The third kappa shape index (κ3) is 3.90. The Kier molecular flexibility index (Phi) is 5.75. The number of hydrogen-bond donors (Lipinski definition) is 0. The molecular weight excluding hydrogens is 533 g/mol. The number of anilines is 1. The van der Waals surface area contributed by atoms with Crippen molar-refractivity contribution in [2.45, 2.75) is 69.2 Å². The van der Waals surface area contributed by atoms with Crippen molar-refractivity contribution in [3.63, 3.8) is 0 Å². The molecule has 2 aromatic heterocycles.